The number of halogens is 1. The molecule has 3 aromatic carbocycles. The lowest BCUT2D eigenvalue weighted by atomic mass is 9.52. The van der Waals surface area contributed by atoms with Crippen LogP contribution in [0.15, 0.2) is 54.6 Å². The number of ether oxygens (including phenoxy) is 1. The molecule has 7 aliphatic rings. The molecule has 0 radical (unpaired) electrons. The monoisotopic (exact) mass is 839 g/mol. The van der Waals surface area contributed by atoms with Gasteiger partial charge in [0.05, 0.1) is 33.3 Å². The van der Waals surface area contributed by atoms with Crippen LogP contribution in [0, 0.1) is 39.9 Å². The molecule has 5 amide bonds. The number of amides is 5. The Morgan fingerprint density at radius 3 is 2.39 bits per heavy atom. The fraction of sp³-hybridized carbons (Fsp3) is 0.447. The summed E-state index contributed by atoms with van der Waals surface area (Å²) in [5, 5.41) is 11.8. The van der Waals surface area contributed by atoms with E-state index in [0.29, 0.717) is 51.5 Å². The third-order valence-electron chi connectivity index (χ3n) is 14.5. The summed E-state index contributed by atoms with van der Waals surface area (Å²) < 4.78 is 6.36. The minimum Gasteiger partial charge on any atom is -0.488 e. The second-order valence-electron chi connectivity index (χ2n) is 19.0. The standard InChI is InChI=1S/C47H46ClN7O6/c1-45(2)43(46(3,50)44(45)61-32-9-7-28(21-49)36(48)18-32)54-22-29-16-26(6-10-33(29)40(54)58)4-5-27-19-47(20-27)14-15-52(25-47)31-23-53(24-31)30-8-11-34-35(17-30)42(60)55(41(34)59)37-12-13-38(56)51-39(37)57/h6-11,16-18,27,31,37,43-44H,12-15,19-20,22-25,50H2,1-3H3,(H,51,56,57)/t27?,37?,43-,44-,46?,47?/m0/s1. The van der Waals surface area contributed by atoms with Gasteiger partial charge in [0.15, 0.2) is 0 Å². The van der Waals surface area contributed by atoms with Crippen molar-refractivity contribution in [3.63, 3.8) is 0 Å². The van der Waals surface area contributed by atoms with Crippen LogP contribution >= 0.6 is 11.6 Å². The number of anilines is 1. The number of hydrogen-bond acceptors (Lipinski definition) is 10. The SMILES string of the molecule is CC1(C)[C@H](Oc2ccc(C#N)c(Cl)c2)C(C)(N)[C@H]1N1Cc2cc(C#CC3CC4(CCN(C5CN(c6ccc7c(c6)C(=O)N(C6CCC(=O)NC6=O)C7=O)C5)C4)C3)ccc2C1=O. The van der Waals surface area contributed by atoms with Crippen LogP contribution in [0.25, 0.3) is 0 Å². The number of benzene rings is 3. The molecule has 3 saturated heterocycles. The molecule has 2 saturated carbocycles. The van der Waals surface area contributed by atoms with Gasteiger partial charge in [-0.05, 0) is 98.7 Å². The van der Waals surface area contributed by atoms with Crippen molar-refractivity contribution in [1.29, 1.82) is 5.26 Å². The van der Waals surface area contributed by atoms with Crippen molar-refractivity contribution in [3.05, 3.63) is 93.0 Å². The molecule has 4 atom stereocenters. The highest BCUT2D eigenvalue weighted by molar-refractivity contribution is 6.31. The van der Waals surface area contributed by atoms with Gasteiger partial charge >= 0.3 is 0 Å². The Morgan fingerprint density at radius 2 is 1.67 bits per heavy atom. The molecule has 312 valence electrons. The van der Waals surface area contributed by atoms with E-state index in [-0.39, 0.29) is 30.2 Å². The third kappa shape index (κ3) is 6.23. The van der Waals surface area contributed by atoms with Gasteiger partial charge < -0.3 is 20.3 Å². The summed E-state index contributed by atoms with van der Waals surface area (Å²) in [6.07, 6.45) is 3.11. The van der Waals surface area contributed by atoms with Gasteiger partial charge in [-0.25, -0.2) is 0 Å². The first-order valence-corrected chi connectivity index (χ1v) is 21.4. The van der Waals surface area contributed by atoms with E-state index in [1.165, 1.54) is 0 Å². The van der Waals surface area contributed by atoms with Gasteiger partial charge in [0.2, 0.25) is 11.8 Å². The first-order chi connectivity index (χ1) is 29.1. The van der Waals surface area contributed by atoms with Crippen LogP contribution in [0.4, 0.5) is 5.69 Å². The van der Waals surface area contributed by atoms with Gasteiger partial charge in [-0.2, -0.15) is 5.26 Å². The number of nitrogens with one attached hydrogen (secondary N) is 1. The summed E-state index contributed by atoms with van der Waals surface area (Å²) in [4.78, 5) is 72.1. The van der Waals surface area contributed by atoms with Gasteiger partial charge in [-0.15, -0.1) is 0 Å². The molecule has 5 fully saturated rings. The Kier molecular flexibility index (Phi) is 8.98. The topological polar surface area (TPSA) is 169 Å². The van der Waals surface area contributed by atoms with Crippen LogP contribution in [0.5, 0.6) is 5.75 Å². The van der Waals surface area contributed by atoms with Crippen LogP contribution in [0.1, 0.15) is 101 Å². The molecule has 3 N–H and O–H groups in total. The van der Waals surface area contributed by atoms with Crippen LogP contribution in [0.3, 0.4) is 0 Å². The Labute approximate surface area is 359 Å². The number of hydrogen-bond donors (Lipinski definition) is 2. The van der Waals surface area contributed by atoms with Gasteiger partial charge in [-0.1, -0.05) is 37.3 Å². The molecule has 61 heavy (non-hydrogen) atoms. The lowest BCUT2D eigenvalue weighted by Crippen LogP contribution is -2.83. The molecule has 2 aliphatic carbocycles. The van der Waals surface area contributed by atoms with Crippen LogP contribution in [-0.4, -0.2) is 100 Å². The van der Waals surface area contributed by atoms with Gasteiger partial charge in [0, 0.05) is 72.9 Å². The predicted molar refractivity (Wildman–Crippen MR) is 224 cm³/mol. The lowest BCUT2D eigenvalue weighted by molar-refractivity contribution is -0.159. The number of rotatable bonds is 6. The van der Waals surface area contributed by atoms with Gasteiger partial charge in [0.25, 0.3) is 17.7 Å². The molecule has 14 heteroatoms. The maximum Gasteiger partial charge on any atom is 0.262 e. The number of carbonyl (C=O) groups excluding carboxylic acids is 5. The number of piperidine rings is 1. The summed E-state index contributed by atoms with van der Waals surface area (Å²) in [5.74, 6) is 5.79. The van der Waals surface area contributed by atoms with Crippen molar-refractivity contribution < 1.29 is 28.7 Å². The average Bonchev–Trinajstić information content (AvgIpc) is 3.83. The molecular formula is C47H46ClN7O6. The van der Waals surface area contributed by atoms with Crippen molar-refractivity contribution in [3.8, 4) is 23.7 Å². The summed E-state index contributed by atoms with van der Waals surface area (Å²) in [6, 6.07) is 17.4. The fourth-order valence-corrected chi connectivity index (χ4v) is 11.9. The number of nitriles is 1. The van der Waals surface area contributed by atoms with Crippen LogP contribution in [-0.2, 0) is 16.1 Å². The number of nitrogens with zero attached hydrogens (tertiary/aromatic N) is 5. The zero-order valence-electron chi connectivity index (χ0n) is 34.3. The predicted octanol–water partition coefficient (Wildman–Crippen LogP) is 4.48. The summed E-state index contributed by atoms with van der Waals surface area (Å²) >= 11 is 6.27. The van der Waals surface area contributed by atoms with Crippen molar-refractivity contribution >= 4 is 46.8 Å². The zero-order chi connectivity index (χ0) is 42.7. The van der Waals surface area contributed by atoms with E-state index < -0.39 is 46.7 Å². The van der Waals surface area contributed by atoms with E-state index in [0.717, 1.165) is 67.2 Å². The van der Waals surface area contributed by atoms with E-state index in [1.54, 1.807) is 30.3 Å². The Bertz CT molecular complexity index is 2560. The van der Waals surface area contributed by atoms with Gasteiger partial charge in [0.1, 0.15) is 24.0 Å². The third-order valence-corrected chi connectivity index (χ3v) is 14.8. The second kappa shape index (κ2) is 13.9. The minimum atomic E-state index is -0.977. The Balaban J connectivity index is 0.721. The molecule has 2 unspecified atom stereocenters. The number of likely N-dealkylation sites (tertiary alicyclic amines) is 1. The van der Waals surface area contributed by atoms with Crippen LogP contribution in [0.2, 0.25) is 5.02 Å². The Morgan fingerprint density at radius 1 is 0.918 bits per heavy atom. The molecule has 3 aromatic rings. The first kappa shape index (κ1) is 39.4. The molecule has 0 aromatic heterocycles. The van der Waals surface area contributed by atoms with E-state index in [4.69, 9.17) is 22.1 Å². The molecule has 5 aliphatic heterocycles. The Hall–Kier alpha value is -5.73. The number of fused-ring (bicyclic) bond motifs is 2. The molecular weight excluding hydrogens is 794 g/mol. The van der Waals surface area contributed by atoms with E-state index in [1.807, 2.05) is 36.1 Å². The summed E-state index contributed by atoms with van der Waals surface area (Å²) in [6.45, 7) is 10.3. The molecule has 0 bridgehead atoms. The maximum absolute atomic E-state index is 13.8. The highest BCUT2D eigenvalue weighted by Gasteiger charge is 2.68. The highest BCUT2D eigenvalue weighted by Crippen LogP contribution is 2.54. The lowest BCUT2D eigenvalue weighted by Gasteiger charge is -2.64. The van der Waals surface area contributed by atoms with Crippen molar-refractivity contribution in [2.75, 3.05) is 31.1 Å². The van der Waals surface area contributed by atoms with E-state index in [9.17, 15) is 29.2 Å². The molecule has 13 nitrogen and oxygen atoms in total. The quantitative estimate of drug-likeness (QED) is 0.267. The fourth-order valence-electron chi connectivity index (χ4n) is 11.7. The second-order valence-corrected chi connectivity index (χ2v) is 19.4. The normalized spacial score (nSPS) is 28.7. The molecule has 5 heterocycles. The van der Waals surface area contributed by atoms with Crippen molar-refractivity contribution in [1.82, 2.24) is 20.0 Å². The van der Waals surface area contributed by atoms with E-state index in [2.05, 4.69) is 46.9 Å². The molecule has 1 spiro atoms. The summed E-state index contributed by atoms with van der Waals surface area (Å²) in [5.41, 5.74) is 10.3. The molecule has 10 rings (SSSR count). The van der Waals surface area contributed by atoms with Crippen molar-refractivity contribution in [2.45, 2.75) is 89.2 Å². The highest BCUT2D eigenvalue weighted by atomic mass is 35.5. The number of carbonyl (C=O) groups is 5. The smallest absolute Gasteiger partial charge is 0.262 e. The van der Waals surface area contributed by atoms with Crippen molar-refractivity contribution in [2.24, 2.45) is 22.5 Å². The number of nitrogens with two attached hydrogens (primary N) is 1. The minimum absolute atomic E-state index is 0.0392. The van der Waals surface area contributed by atoms with E-state index >= 15 is 0 Å². The average molecular weight is 840 g/mol. The summed E-state index contributed by atoms with van der Waals surface area (Å²) in [7, 11) is 0. The van der Waals surface area contributed by atoms with Crippen LogP contribution < -0.4 is 20.7 Å². The van der Waals surface area contributed by atoms with Gasteiger partial charge in [-0.3, -0.25) is 39.1 Å². The maximum atomic E-state index is 13.8. The largest absolute Gasteiger partial charge is 0.488 e. The first-order valence-electron chi connectivity index (χ1n) is 21.0. The number of imide groups is 2. The zero-order valence-corrected chi connectivity index (χ0v) is 35.1.